The van der Waals surface area contributed by atoms with Gasteiger partial charge in [0.05, 0.1) is 27.2 Å². The van der Waals surface area contributed by atoms with Gasteiger partial charge in [-0.05, 0) is 36.5 Å². The van der Waals surface area contributed by atoms with Crippen molar-refractivity contribution < 1.29 is 9.69 Å². The molecule has 1 aromatic rings. The maximum Gasteiger partial charge on any atom is 0.251 e. The Morgan fingerprint density at radius 3 is 2.42 bits per heavy atom. The predicted molar refractivity (Wildman–Crippen MR) is 81.7 cm³/mol. The van der Waals surface area contributed by atoms with Crippen LogP contribution in [-0.4, -0.2) is 45.3 Å². The molecule has 0 spiro atoms. The quantitative estimate of drug-likeness (QED) is 0.549. The molecule has 19 heavy (non-hydrogen) atoms. The van der Waals surface area contributed by atoms with Crippen LogP contribution in [0.1, 0.15) is 10.4 Å². The summed E-state index contributed by atoms with van der Waals surface area (Å²) in [6.45, 7) is 1.82. The van der Waals surface area contributed by atoms with Gasteiger partial charge >= 0.3 is 0 Å². The van der Waals surface area contributed by atoms with Gasteiger partial charge in [-0.2, -0.15) is 0 Å². The first-order valence-electron chi connectivity index (χ1n) is 6.19. The standard InChI is InChI=1S/C13H20N4OS/c1-14-12(18)10-4-6-11(7-5-10)16-13(19)15-8-9-17(2)3/h4-7H,8-9H2,1-3H3,(H,14,18)(H2,15,16,19)/p+1. The summed E-state index contributed by atoms with van der Waals surface area (Å²) in [6.07, 6.45) is 0. The third-order valence-electron chi connectivity index (χ3n) is 2.54. The second kappa shape index (κ2) is 7.70. The highest BCUT2D eigenvalue weighted by atomic mass is 32.1. The zero-order valence-corrected chi connectivity index (χ0v) is 12.4. The summed E-state index contributed by atoms with van der Waals surface area (Å²) in [5.41, 5.74) is 1.49. The molecular formula is C13H21N4OS+. The van der Waals surface area contributed by atoms with Crippen molar-refractivity contribution >= 4 is 28.9 Å². The predicted octanol–water partition coefficient (Wildman–Crippen LogP) is -0.523. The smallest absolute Gasteiger partial charge is 0.251 e. The van der Waals surface area contributed by atoms with Gasteiger partial charge in [0.1, 0.15) is 0 Å². The van der Waals surface area contributed by atoms with Crippen molar-refractivity contribution in [2.45, 2.75) is 0 Å². The minimum Gasteiger partial charge on any atom is -0.357 e. The van der Waals surface area contributed by atoms with Crippen LogP contribution in [-0.2, 0) is 0 Å². The largest absolute Gasteiger partial charge is 0.357 e. The van der Waals surface area contributed by atoms with Crippen LogP contribution < -0.4 is 20.9 Å². The molecule has 0 bridgehead atoms. The fourth-order valence-corrected chi connectivity index (χ4v) is 1.67. The van der Waals surface area contributed by atoms with Crippen molar-refractivity contribution in [3.05, 3.63) is 29.8 Å². The van der Waals surface area contributed by atoms with Gasteiger partial charge in [-0.3, -0.25) is 4.79 Å². The van der Waals surface area contributed by atoms with E-state index < -0.39 is 0 Å². The van der Waals surface area contributed by atoms with Crippen molar-refractivity contribution in [2.24, 2.45) is 0 Å². The maximum atomic E-state index is 11.4. The summed E-state index contributed by atoms with van der Waals surface area (Å²) < 4.78 is 0. The Morgan fingerprint density at radius 1 is 1.26 bits per heavy atom. The average molecular weight is 281 g/mol. The van der Waals surface area contributed by atoms with Crippen LogP contribution in [0.4, 0.5) is 5.69 Å². The second-order valence-corrected chi connectivity index (χ2v) is 4.90. The van der Waals surface area contributed by atoms with E-state index in [2.05, 4.69) is 30.0 Å². The van der Waals surface area contributed by atoms with Crippen molar-refractivity contribution in [1.29, 1.82) is 0 Å². The van der Waals surface area contributed by atoms with E-state index in [0.29, 0.717) is 10.7 Å². The number of amides is 1. The third-order valence-corrected chi connectivity index (χ3v) is 2.79. The van der Waals surface area contributed by atoms with Crippen LogP contribution in [0.25, 0.3) is 0 Å². The second-order valence-electron chi connectivity index (χ2n) is 4.49. The number of thiocarbonyl (C=S) groups is 1. The minimum atomic E-state index is -0.0961. The number of quaternary nitrogens is 1. The van der Waals surface area contributed by atoms with E-state index in [4.69, 9.17) is 12.2 Å². The highest BCUT2D eigenvalue weighted by Crippen LogP contribution is 2.09. The number of nitrogens with one attached hydrogen (secondary N) is 4. The first kappa shape index (κ1) is 15.4. The number of likely N-dealkylation sites (N-methyl/N-ethyl adjacent to an activating group) is 1. The zero-order valence-electron chi connectivity index (χ0n) is 11.5. The molecule has 0 aliphatic heterocycles. The highest BCUT2D eigenvalue weighted by Gasteiger charge is 2.03. The molecule has 5 nitrogen and oxygen atoms in total. The van der Waals surface area contributed by atoms with Gasteiger partial charge in [0.25, 0.3) is 5.91 Å². The Hall–Kier alpha value is -1.66. The molecule has 104 valence electrons. The Bertz CT molecular complexity index is 431. The summed E-state index contributed by atoms with van der Waals surface area (Å²) in [6, 6.07) is 7.17. The molecule has 1 aromatic carbocycles. The lowest BCUT2D eigenvalue weighted by atomic mass is 10.2. The number of carbonyl (C=O) groups is 1. The topological polar surface area (TPSA) is 57.6 Å². The van der Waals surface area contributed by atoms with E-state index >= 15 is 0 Å². The monoisotopic (exact) mass is 281 g/mol. The summed E-state index contributed by atoms with van der Waals surface area (Å²) in [4.78, 5) is 12.7. The lowest BCUT2D eigenvalue weighted by Gasteiger charge is -2.12. The SMILES string of the molecule is CNC(=O)c1ccc(NC(=S)NCC[NH+](C)C)cc1. The molecule has 0 aliphatic rings. The molecule has 0 radical (unpaired) electrons. The fourth-order valence-electron chi connectivity index (χ4n) is 1.45. The first-order valence-corrected chi connectivity index (χ1v) is 6.59. The van der Waals surface area contributed by atoms with E-state index in [-0.39, 0.29) is 5.91 Å². The van der Waals surface area contributed by atoms with Crippen molar-refractivity contribution in [3.63, 3.8) is 0 Å². The number of benzene rings is 1. The van der Waals surface area contributed by atoms with Crippen LogP contribution in [0.5, 0.6) is 0 Å². The molecule has 1 amide bonds. The minimum absolute atomic E-state index is 0.0961. The summed E-state index contributed by atoms with van der Waals surface area (Å²) in [7, 11) is 5.80. The number of rotatable bonds is 5. The Morgan fingerprint density at radius 2 is 1.89 bits per heavy atom. The van der Waals surface area contributed by atoms with E-state index in [0.717, 1.165) is 18.8 Å². The third kappa shape index (κ3) is 5.67. The van der Waals surface area contributed by atoms with E-state index in [9.17, 15) is 4.79 Å². The number of hydrogen-bond donors (Lipinski definition) is 4. The van der Waals surface area contributed by atoms with Crippen molar-refractivity contribution in [3.8, 4) is 0 Å². The first-order chi connectivity index (χ1) is 9.02. The van der Waals surface area contributed by atoms with Crippen LogP contribution in [0, 0.1) is 0 Å². The fraction of sp³-hybridized carbons (Fsp3) is 0.385. The average Bonchev–Trinajstić information content (AvgIpc) is 2.38. The molecule has 6 heteroatoms. The van der Waals surface area contributed by atoms with Gasteiger partial charge in [-0.25, -0.2) is 0 Å². The Balaban J connectivity index is 2.44. The van der Waals surface area contributed by atoms with Gasteiger partial charge in [-0.1, -0.05) is 0 Å². The number of anilines is 1. The Labute approximate surface area is 119 Å². The molecule has 0 saturated carbocycles. The number of hydrogen-bond acceptors (Lipinski definition) is 2. The zero-order chi connectivity index (χ0) is 14.3. The molecule has 0 aliphatic carbocycles. The molecule has 0 fully saturated rings. The molecular weight excluding hydrogens is 260 g/mol. The van der Waals surface area contributed by atoms with Gasteiger partial charge in [0.2, 0.25) is 0 Å². The van der Waals surface area contributed by atoms with E-state index in [1.165, 1.54) is 4.90 Å². The van der Waals surface area contributed by atoms with Crippen molar-refractivity contribution in [1.82, 2.24) is 10.6 Å². The molecule has 4 N–H and O–H groups in total. The maximum absolute atomic E-state index is 11.4. The van der Waals surface area contributed by atoms with Gasteiger partial charge in [0, 0.05) is 18.3 Å². The van der Waals surface area contributed by atoms with Gasteiger partial charge in [0.15, 0.2) is 5.11 Å². The van der Waals surface area contributed by atoms with E-state index in [1.54, 1.807) is 19.2 Å². The molecule has 0 heterocycles. The molecule has 0 aromatic heterocycles. The Kier molecular flexibility index (Phi) is 6.24. The van der Waals surface area contributed by atoms with Gasteiger partial charge < -0.3 is 20.9 Å². The summed E-state index contributed by atoms with van der Waals surface area (Å²) in [5.74, 6) is -0.0961. The van der Waals surface area contributed by atoms with Crippen LogP contribution >= 0.6 is 12.2 Å². The van der Waals surface area contributed by atoms with Crippen LogP contribution in [0.3, 0.4) is 0 Å². The van der Waals surface area contributed by atoms with Crippen LogP contribution in [0.2, 0.25) is 0 Å². The van der Waals surface area contributed by atoms with Gasteiger partial charge in [-0.15, -0.1) is 0 Å². The molecule has 1 rings (SSSR count). The summed E-state index contributed by atoms with van der Waals surface area (Å²) in [5, 5.41) is 9.38. The van der Waals surface area contributed by atoms with Crippen LogP contribution in [0.15, 0.2) is 24.3 Å². The normalized spacial score (nSPS) is 10.1. The molecule has 0 atom stereocenters. The molecule has 0 saturated heterocycles. The molecule has 0 unspecified atom stereocenters. The highest BCUT2D eigenvalue weighted by molar-refractivity contribution is 7.80. The van der Waals surface area contributed by atoms with E-state index in [1.807, 2.05) is 12.1 Å². The summed E-state index contributed by atoms with van der Waals surface area (Å²) >= 11 is 5.18. The lowest BCUT2D eigenvalue weighted by molar-refractivity contribution is -0.856. The lowest BCUT2D eigenvalue weighted by Crippen LogP contribution is -3.06. The van der Waals surface area contributed by atoms with Crippen molar-refractivity contribution in [2.75, 3.05) is 39.5 Å². The number of carbonyl (C=O) groups excluding carboxylic acids is 1.